The van der Waals surface area contributed by atoms with Gasteiger partial charge in [0.25, 0.3) is 0 Å². The van der Waals surface area contributed by atoms with Gasteiger partial charge in [-0.05, 0) is 44.9 Å². The molecule has 1 unspecified atom stereocenters. The third-order valence-corrected chi connectivity index (χ3v) is 2.63. The fraction of sp³-hybridized carbons (Fsp3) is 0.385. The number of hydrogen-bond donors (Lipinski definition) is 1. The molecule has 0 spiro atoms. The molecular formula is C13H17N3O. The van der Waals surface area contributed by atoms with Crippen LogP contribution in [0.2, 0.25) is 0 Å². The zero-order valence-electron chi connectivity index (χ0n) is 10.6. The summed E-state index contributed by atoms with van der Waals surface area (Å²) < 4.78 is 5.88. The Balaban J connectivity index is 2.18. The van der Waals surface area contributed by atoms with Crippen LogP contribution in [0.4, 0.5) is 0 Å². The lowest BCUT2D eigenvalue weighted by molar-refractivity contribution is 0.215. The summed E-state index contributed by atoms with van der Waals surface area (Å²) in [5, 5.41) is 6.92. The lowest BCUT2D eigenvalue weighted by Crippen LogP contribution is -2.06. The lowest BCUT2D eigenvalue weighted by Gasteiger charge is -2.14. The number of nitrogens with one attached hydrogen (secondary N) is 1. The van der Waals surface area contributed by atoms with Crippen molar-refractivity contribution >= 4 is 0 Å². The van der Waals surface area contributed by atoms with Crippen LogP contribution in [0.1, 0.15) is 35.8 Å². The molecule has 2 aromatic rings. The molecule has 0 aliphatic rings. The Morgan fingerprint density at radius 1 is 1.24 bits per heavy atom. The van der Waals surface area contributed by atoms with Crippen molar-refractivity contribution < 1.29 is 4.74 Å². The van der Waals surface area contributed by atoms with E-state index in [1.54, 1.807) is 0 Å². The molecule has 4 heteroatoms. The van der Waals surface area contributed by atoms with Gasteiger partial charge >= 0.3 is 0 Å². The standard InChI is InChI=1S/C13H17N3O/c1-8-5-6-9(2)12(7-8)17-10(3)13-14-11(4)15-16-13/h5-7,10H,1-4H3,(H,14,15,16). The quantitative estimate of drug-likeness (QED) is 0.883. The van der Waals surface area contributed by atoms with E-state index in [0.717, 1.165) is 17.1 Å². The SMILES string of the molecule is Cc1ccc(C)c(OC(C)c2n[nH]c(C)n2)c1. The zero-order valence-corrected chi connectivity index (χ0v) is 10.6. The summed E-state index contributed by atoms with van der Waals surface area (Å²) in [4.78, 5) is 4.27. The summed E-state index contributed by atoms with van der Waals surface area (Å²) in [5.74, 6) is 2.37. The predicted molar refractivity (Wildman–Crippen MR) is 66.1 cm³/mol. The highest BCUT2D eigenvalue weighted by Gasteiger charge is 2.13. The highest BCUT2D eigenvalue weighted by atomic mass is 16.5. The summed E-state index contributed by atoms with van der Waals surface area (Å²) >= 11 is 0. The molecule has 0 amide bonds. The van der Waals surface area contributed by atoms with Gasteiger partial charge in [-0.15, -0.1) is 0 Å². The third kappa shape index (κ3) is 2.64. The molecule has 2 rings (SSSR count). The summed E-state index contributed by atoms with van der Waals surface area (Å²) in [6, 6.07) is 6.16. The van der Waals surface area contributed by atoms with E-state index < -0.39 is 0 Å². The first-order valence-electron chi connectivity index (χ1n) is 5.69. The number of H-pyrrole nitrogens is 1. The van der Waals surface area contributed by atoms with Gasteiger partial charge in [0.2, 0.25) is 0 Å². The predicted octanol–water partition coefficient (Wildman–Crippen LogP) is 2.87. The first-order valence-corrected chi connectivity index (χ1v) is 5.69. The monoisotopic (exact) mass is 231 g/mol. The van der Waals surface area contributed by atoms with Crippen LogP contribution < -0.4 is 4.74 Å². The maximum absolute atomic E-state index is 5.88. The van der Waals surface area contributed by atoms with Gasteiger partial charge < -0.3 is 4.74 Å². The van der Waals surface area contributed by atoms with Crippen LogP contribution in [0.25, 0.3) is 0 Å². The van der Waals surface area contributed by atoms with Gasteiger partial charge in [-0.2, -0.15) is 5.10 Å². The molecule has 0 saturated heterocycles. The molecule has 0 aliphatic heterocycles. The average molecular weight is 231 g/mol. The smallest absolute Gasteiger partial charge is 0.191 e. The third-order valence-electron chi connectivity index (χ3n) is 2.63. The van der Waals surface area contributed by atoms with Crippen molar-refractivity contribution in [3.05, 3.63) is 41.0 Å². The number of aromatic amines is 1. The topological polar surface area (TPSA) is 50.8 Å². The van der Waals surface area contributed by atoms with Crippen molar-refractivity contribution in [3.63, 3.8) is 0 Å². The number of benzene rings is 1. The van der Waals surface area contributed by atoms with Gasteiger partial charge in [0.05, 0.1) is 0 Å². The van der Waals surface area contributed by atoms with Gasteiger partial charge in [-0.25, -0.2) is 4.98 Å². The molecule has 0 aliphatic carbocycles. The first kappa shape index (κ1) is 11.6. The van der Waals surface area contributed by atoms with E-state index in [-0.39, 0.29) is 6.10 Å². The normalized spacial score (nSPS) is 12.5. The second-order valence-electron chi connectivity index (χ2n) is 4.31. The van der Waals surface area contributed by atoms with E-state index in [2.05, 4.69) is 27.3 Å². The molecule has 0 saturated carbocycles. The highest BCUT2D eigenvalue weighted by Crippen LogP contribution is 2.24. The summed E-state index contributed by atoms with van der Waals surface area (Å²) in [6.07, 6.45) is -0.152. The fourth-order valence-corrected chi connectivity index (χ4v) is 1.62. The van der Waals surface area contributed by atoms with Gasteiger partial charge in [0, 0.05) is 0 Å². The maximum atomic E-state index is 5.88. The molecule has 1 aromatic carbocycles. The van der Waals surface area contributed by atoms with Crippen molar-refractivity contribution in [1.29, 1.82) is 0 Å². The molecule has 4 nitrogen and oxygen atoms in total. The average Bonchev–Trinajstić information content (AvgIpc) is 2.70. The van der Waals surface area contributed by atoms with Gasteiger partial charge in [0.15, 0.2) is 11.9 Å². The van der Waals surface area contributed by atoms with Crippen molar-refractivity contribution in [2.45, 2.75) is 33.8 Å². The van der Waals surface area contributed by atoms with Crippen LogP contribution in [0.15, 0.2) is 18.2 Å². The largest absolute Gasteiger partial charge is 0.482 e. The minimum atomic E-state index is -0.152. The van der Waals surface area contributed by atoms with E-state index in [4.69, 9.17) is 4.74 Å². The number of nitrogens with zero attached hydrogens (tertiary/aromatic N) is 2. The number of rotatable bonds is 3. The molecule has 17 heavy (non-hydrogen) atoms. The molecule has 0 radical (unpaired) electrons. The minimum absolute atomic E-state index is 0.152. The van der Waals surface area contributed by atoms with Gasteiger partial charge in [-0.1, -0.05) is 12.1 Å². The Morgan fingerprint density at radius 3 is 2.65 bits per heavy atom. The van der Waals surface area contributed by atoms with Gasteiger partial charge in [-0.3, -0.25) is 5.10 Å². The number of aromatic nitrogens is 3. The van der Waals surface area contributed by atoms with Crippen LogP contribution in [0, 0.1) is 20.8 Å². The van der Waals surface area contributed by atoms with Crippen molar-refractivity contribution in [3.8, 4) is 5.75 Å². The molecule has 1 N–H and O–H groups in total. The van der Waals surface area contributed by atoms with Crippen LogP contribution in [-0.2, 0) is 0 Å². The van der Waals surface area contributed by atoms with Crippen molar-refractivity contribution in [1.82, 2.24) is 15.2 Å². The second-order valence-corrected chi connectivity index (χ2v) is 4.31. The zero-order chi connectivity index (χ0) is 12.4. The van der Waals surface area contributed by atoms with E-state index in [1.807, 2.05) is 33.8 Å². The van der Waals surface area contributed by atoms with Crippen LogP contribution in [-0.4, -0.2) is 15.2 Å². The minimum Gasteiger partial charge on any atom is -0.482 e. The lowest BCUT2D eigenvalue weighted by atomic mass is 10.1. The molecule has 1 atom stereocenters. The van der Waals surface area contributed by atoms with E-state index in [1.165, 1.54) is 5.56 Å². The van der Waals surface area contributed by atoms with Crippen molar-refractivity contribution in [2.24, 2.45) is 0 Å². The number of aryl methyl sites for hydroxylation is 3. The Kier molecular flexibility index (Phi) is 3.13. The van der Waals surface area contributed by atoms with Crippen LogP contribution in [0.3, 0.4) is 0 Å². The summed E-state index contributed by atoms with van der Waals surface area (Å²) in [7, 11) is 0. The molecule has 0 bridgehead atoms. The number of hydrogen-bond acceptors (Lipinski definition) is 3. The first-order chi connectivity index (χ1) is 8.06. The van der Waals surface area contributed by atoms with E-state index >= 15 is 0 Å². The summed E-state index contributed by atoms with van der Waals surface area (Å²) in [6.45, 7) is 7.91. The Hall–Kier alpha value is -1.84. The Morgan fingerprint density at radius 2 is 2.00 bits per heavy atom. The van der Waals surface area contributed by atoms with E-state index in [0.29, 0.717) is 5.82 Å². The molecule has 1 aromatic heterocycles. The maximum Gasteiger partial charge on any atom is 0.191 e. The Labute approximate surface area is 101 Å². The Bertz CT molecular complexity index is 519. The van der Waals surface area contributed by atoms with Crippen LogP contribution in [0.5, 0.6) is 5.75 Å². The molecule has 90 valence electrons. The van der Waals surface area contributed by atoms with Crippen LogP contribution >= 0.6 is 0 Å². The fourth-order valence-electron chi connectivity index (χ4n) is 1.62. The second kappa shape index (κ2) is 4.57. The molecule has 0 fully saturated rings. The molecular weight excluding hydrogens is 214 g/mol. The van der Waals surface area contributed by atoms with Gasteiger partial charge in [0.1, 0.15) is 11.6 Å². The molecule has 1 heterocycles. The summed E-state index contributed by atoms with van der Waals surface area (Å²) in [5.41, 5.74) is 2.30. The highest BCUT2D eigenvalue weighted by molar-refractivity contribution is 5.36. The van der Waals surface area contributed by atoms with Crippen molar-refractivity contribution in [2.75, 3.05) is 0 Å². The van der Waals surface area contributed by atoms with E-state index in [9.17, 15) is 0 Å². The number of ether oxygens (including phenoxy) is 1.